The smallest absolute Gasteiger partial charge is 0.169 e. The van der Waals surface area contributed by atoms with Crippen molar-refractivity contribution in [1.29, 1.82) is 0 Å². The summed E-state index contributed by atoms with van der Waals surface area (Å²) in [5, 5.41) is 28.8. The van der Waals surface area contributed by atoms with Gasteiger partial charge in [0.1, 0.15) is 5.75 Å². The lowest BCUT2D eigenvalue weighted by Gasteiger charge is -2.03. The third kappa shape index (κ3) is 1.05. The highest BCUT2D eigenvalue weighted by Crippen LogP contribution is 2.38. The van der Waals surface area contributed by atoms with Gasteiger partial charge in [0.25, 0.3) is 0 Å². The second kappa shape index (κ2) is 2.55. The molecule has 3 N–H and O–H groups in total. The van der Waals surface area contributed by atoms with Gasteiger partial charge in [-0.15, -0.1) is 0 Å². The summed E-state index contributed by atoms with van der Waals surface area (Å²) in [4.78, 5) is 0. The summed E-state index contributed by atoms with van der Waals surface area (Å²) in [6.45, 7) is 0. The van der Waals surface area contributed by atoms with Gasteiger partial charge >= 0.3 is 0 Å². The van der Waals surface area contributed by atoms with Gasteiger partial charge in [0.2, 0.25) is 0 Å². The zero-order valence-corrected chi connectivity index (χ0v) is 6.65. The first-order valence-corrected chi connectivity index (χ1v) is 3.74. The van der Waals surface area contributed by atoms with E-state index in [-0.39, 0.29) is 22.6 Å². The van der Waals surface area contributed by atoms with Crippen LogP contribution in [0.3, 0.4) is 0 Å². The Morgan fingerprint density at radius 3 is 2.46 bits per heavy atom. The summed E-state index contributed by atoms with van der Waals surface area (Å²) in [6, 6.07) is 8.71. The molecule has 0 amide bonds. The van der Waals surface area contributed by atoms with Crippen molar-refractivity contribution in [3.63, 3.8) is 0 Å². The Hall–Kier alpha value is -1.90. The van der Waals surface area contributed by atoms with E-state index < -0.39 is 0 Å². The largest absolute Gasteiger partial charge is 0.507 e. The minimum Gasteiger partial charge on any atom is -0.507 e. The van der Waals surface area contributed by atoms with E-state index in [9.17, 15) is 10.2 Å². The van der Waals surface area contributed by atoms with E-state index in [1.807, 2.05) is 0 Å². The van der Waals surface area contributed by atoms with Crippen LogP contribution in [0.1, 0.15) is 0 Å². The molecule has 0 fully saturated rings. The molecular formula is C10H7O3. The van der Waals surface area contributed by atoms with E-state index >= 15 is 0 Å². The molecule has 2 aromatic carbocycles. The number of phenolic OH excluding ortho intramolecular Hbond substituents is 3. The highest BCUT2D eigenvalue weighted by Gasteiger charge is 2.08. The number of rotatable bonds is 0. The fraction of sp³-hybridized carbons (Fsp3) is 0. The molecule has 0 aromatic heterocycles. The van der Waals surface area contributed by atoms with E-state index in [1.54, 1.807) is 12.1 Å². The van der Waals surface area contributed by atoms with Crippen molar-refractivity contribution in [3.8, 4) is 17.2 Å². The lowest BCUT2D eigenvalue weighted by atomic mass is 10.1. The maximum atomic E-state index is 9.41. The standard InChI is InChI=1S/C10H7O3/c11-7-3-1-2-6-4-5-8(12)10(13)9(6)7/h1,3-5,11-13H. The zero-order chi connectivity index (χ0) is 9.42. The normalized spacial score (nSPS) is 10.5. The third-order valence-corrected chi connectivity index (χ3v) is 1.89. The molecule has 2 aromatic rings. The second-order valence-corrected chi connectivity index (χ2v) is 2.72. The maximum Gasteiger partial charge on any atom is 0.169 e. The van der Waals surface area contributed by atoms with E-state index in [4.69, 9.17) is 5.11 Å². The second-order valence-electron chi connectivity index (χ2n) is 2.72. The van der Waals surface area contributed by atoms with Crippen molar-refractivity contribution in [2.45, 2.75) is 0 Å². The molecule has 0 unspecified atom stereocenters. The monoisotopic (exact) mass is 175 g/mol. The number of hydrogen-bond donors (Lipinski definition) is 3. The van der Waals surface area contributed by atoms with Crippen molar-refractivity contribution < 1.29 is 15.3 Å². The van der Waals surface area contributed by atoms with Crippen molar-refractivity contribution in [3.05, 3.63) is 30.3 Å². The molecule has 0 aliphatic carbocycles. The summed E-state index contributed by atoms with van der Waals surface area (Å²) >= 11 is 0. The average Bonchev–Trinajstić information content (AvgIpc) is 2.12. The summed E-state index contributed by atoms with van der Waals surface area (Å²) in [5.41, 5.74) is 0. The van der Waals surface area contributed by atoms with Crippen molar-refractivity contribution >= 4 is 10.8 Å². The van der Waals surface area contributed by atoms with Crippen LogP contribution in [0.4, 0.5) is 0 Å². The molecule has 0 heterocycles. The van der Waals surface area contributed by atoms with Crippen LogP contribution in [-0.4, -0.2) is 15.3 Å². The minimum atomic E-state index is -0.313. The minimum absolute atomic E-state index is 0.0675. The van der Waals surface area contributed by atoms with Gasteiger partial charge in [-0.25, -0.2) is 0 Å². The Kier molecular flexibility index (Phi) is 1.52. The number of hydrogen-bond acceptors (Lipinski definition) is 3. The van der Waals surface area contributed by atoms with Gasteiger partial charge in [-0.3, -0.25) is 0 Å². The summed E-state index contributed by atoms with van der Waals surface area (Å²) < 4.78 is 0. The molecule has 0 aliphatic heterocycles. The number of phenols is 3. The Labute approximate surface area is 74.5 Å². The van der Waals surface area contributed by atoms with Gasteiger partial charge in [-0.2, -0.15) is 0 Å². The van der Waals surface area contributed by atoms with Crippen LogP contribution < -0.4 is 0 Å². The van der Waals surface area contributed by atoms with Gasteiger partial charge in [0, 0.05) is 0 Å². The third-order valence-electron chi connectivity index (χ3n) is 1.89. The summed E-state index contributed by atoms with van der Waals surface area (Å²) in [5.74, 6) is -0.628. The molecule has 0 saturated carbocycles. The first-order chi connectivity index (χ1) is 6.20. The molecule has 0 bridgehead atoms. The molecule has 0 aliphatic rings. The lowest BCUT2D eigenvalue weighted by molar-refractivity contribution is 0.405. The van der Waals surface area contributed by atoms with Crippen LogP contribution in [0.25, 0.3) is 10.8 Å². The number of fused-ring (bicyclic) bond motifs is 1. The molecule has 3 nitrogen and oxygen atoms in total. The molecular weight excluding hydrogens is 168 g/mol. The summed E-state index contributed by atoms with van der Waals surface area (Å²) in [6.07, 6.45) is 0. The van der Waals surface area contributed by atoms with Gasteiger partial charge in [0.15, 0.2) is 11.5 Å². The van der Waals surface area contributed by atoms with Gasteiger partial charge in [-0.1, -0.05) is 6.07 Å². The average molecular weight is 175 g/mol. The molecule has 13 heavy (non-hydrogen) atoms. The lowest BCUT2D eigenvalue weighted by Crippen LogP contribution is -1.76. The molecule has 0 atom stereocenters. The van der Waals surface area contributed by atoms with Crippen LogP contribution in [0.15, 0.2) is 24.3 Å². The highest BCUT2D eigenvalue weighted by molar-refractivity contribution is 5.94. The predicted molar refractivity (Wildman–Crippen MR) is 47.8 cm³/mol. The quantitative estimate of drug-likeness (QED) is 0.534. The highest BCUT2D eigenvalue weighted by atomic mass is 16.3. The molecule has 3 heteroatoms. The fourth-order valence-electron chi connectivity index (χ4n) is 1.25. The van der Waals surface area contributed by atoms with Gasteiger partial charge < -0.3 is 15.3 Å². The van der Waals surface area contributed by atoms with Crippen LogP contribution in [-0.2, 0) is 0 Å². The van der Waals surface area contributed by atoms with E-state index in [0.717, 1.165) is 0 Å². The Balaban J connectivity index is 2.97. The van der Waals surface area contributed by atoms with Crippen molar-refractivity contribution in [2.75, 3.05) is 0 Å². The van der Waals surface area contributed by atoms with Gasteiger partial charge in [-0.05, 0) is 29.7 Å². The Morgan fingerprint density at radius 2 is 1.69 bits per heavy atom. The first kappa shape index (κ1) is 7.73. The van der Waals surface area contributed by atoms with Crippen LogP contribution in [0.5, 0.6) is 17.2 Å². The van der Waals surface area contributed by atoms with Gasteiger partial charge in [0.05, 0.1) is 5.39 Å². The molecule has 65 valence electrons. The molecule has 2 rings (SSSR count). The van der Waals surface area contributed by atoms with Crippen molar-refractivity contribution in [2.24, 2.45) is 0 Å². The molecule has 1 radical (unpaired) electrons. The summed E-state index contributed by atoms with van der Waals surface area (Å²) in [7, 11) is 0. The van der Waals surface area contributed by atoms with Crippen LogP contribution in [0, 0.1) is 6.07 Å². The first-order valence-electron chi connectivity index (χ1n) is 3.74. The Morgan fingerprint density at radius 1 is 0.923 bits per heavy atom. The maximum absolute atomic E-state index is 9.41. The number of aromatic hydroxyl groups is 3. The molecule has 0 spiro atoms. The number of benzene rings is 2. The molecule has 0 saturated heterocycles. The SMILES string of the molecule is Oc1ccc2[c]ccc(O)c2c1O. The van der Waals surface area contributed by atoms with E-state index in [0.29, 0.717) is 5.39 Å². The van der Waals surface area contributed by atoms with Crippen LogP contribution in [0.2, 0.25) is 0 Å². The van der Waals surface area contributed by atoms with E-state index in [1.165, 1.54) is 12.1 Å². The van der Waals surface area contributed by atoms with Crippen LogP contribution >= 0.6 is 0 Å². The topological polar surface area (TPSA) is 60.7 Å². The predicted octanol–water partition coefficient (Wildman–Crippen LogP) is 1.76. The Bertz CT molecular complexity index is 463. The zero-order valence-electron chi connectivity index (χ0n) is 6.65. The van der Waals surface area contributed by atoms with E-state index in [2.05, 4.69) is 6.07 Å². The van der Waals surface area contributed by atoms with Crippen molar-refractivity contribution in [1.82, 2.24) is 0 Å². The fourth-order valence-corrected chi connectivity index (χ4v) is 1.25.